The molecule has 2 rings (SSSR count). The van der Waals surface area contributed by atoms with Gasteiger partial charge in [0.1, 0.15) is 18.0 Å². The SMILES string of the molecule is CCc1n[n+]([O-])c2cc(OCCNC(=O)OC(C)(C)C)ccc2[n+]1[O-]. The van der Waals surface area contributed by atoms with E-state index in [1.54, 1.807) is 33.8 Å². The molecular weight excluding hydrogens is 328 g/mol. The fourth-order valence-corrected chi connectivity index (χ4v) is 2.11. The topological polar surface area (TPSA) is 114 Å². The van der Waals surface area contributed by atoms with Gasteiger partial charge in [-0.15, -0.1) is 0 Å². The van der Waals surface area contributed by atoms with Crippen molar-refractivity contribution >= 4 is 17.1 Å². The van der Waals surface area contributed by atoms with Crippen LogP contribution in [0.5, 0.6) is 5.75 Å². The number of aryl methyl sites for hydroxylation is 1. The van der Waals surface area contributed by atoms with Crippen molar-refractivity contribution in [3.05, 3.63) is 34.4 Å². The van der Waals surface area contributed by atoms with Gasteiger partial charge >= 0.3 is 17.4 Å². The molecule has 0 bridgehead atoms. The number of amides is 1. The third-order valence-corrected chi connectivity index (χ3v) is 3.17. The van der Waals surface area contributed by atoms with Gasteiger partial charge < -0.3 is 25.2 Å². The first kappa shape index (κ1) is 18.5. The minimum atomic E-state index is -0.566. The normalized spacial score (nSPS) is 11.4. The van der Waals surface area contributed by atoms with Crippen molar-refractivity contribution in [2.45, 2.75) is 39.7 Å². The van der Waals surface area contributed by atoms with Crippen LogP contribution in [-0.2, 0) is 11.2 Å². The molecule has 1 N–H and O–H groups in total. The van der Waals surface area contributed by atoms with Crippen molar-refractivity contribution in [3.8, 4) is 5.75 Å². The largest absolute Gasteiger partial charge is 0.710 e. The van der Waals surface area contributed by atoms with Crippen molar-refractivity contribution in [2.75, 3.05) is 13.2 Å². The van der Waals surface area contributed by atoms with Crippen LogP contribution in [0.4, 0.5) is 4.79 Å². The minimum Gasteiger partial charge on any atom is -0.710 e. The molecule has 136 valence electrons. The van der Waals surface area contributed by atoms with Gasteiger partial charge in [0.25, 0.3) is 0 Å². The number of hydrogen-bond acceptors (Lipinski definition) is 6. The molecule has 1 amide bonds. The molecule has 9 heteroatoms. The fourth-order valence-electron chi connectivity index (χ4n) is 2.11. The smallest absolute Gasteiger partial charge is 0.407 e. The van der Waals surface area contributed by atoms with Crippen LogP contribution in [0.3, 0.4) is 0 Å². The number of rotatable bonds is 5. The third-order valence-electron chi connectivity index (χ3n) is 3.17. The van der Waals surface area contributed by atoms with Crippen molar-refractivity contribution in [1.29, 1.82) is 0 Å². The number of aromatic nitrogens is 3. The number of alkyl carbamates (subject to hydrolysis) is 1. The lowest BCUT2D eigenvalue weighted by Crippen LogP contribution is -2.45. The standard InChI is InChI=1S/C16H22N4O5/c1-5-14-18-20(23)13-10-11(6-7-12(13)19(14)22)24-9-8-17-15(21)25-16(2,3)4/h6-7,10H,5,8-9H2,1-4H3,(H,17,21). The first-order chi connectivity index (χ1) is 11.7. The highest BCUT2D eigenvalue weighted by atomic mass is 16.6. The maximum atomic E-state index is 12.1. The first-order valence-electron chi connectivity index (χ1n) is 7.97. The van der Waals surface area contributed by atoms with Crippen LogP contribution >= 0.6 is 0 Å². The number of nitrogens with zero attached hydrogens (tertiary/aromatic N) is 3. The lowest BCUT2D eigenvalue weighted by Gasteiger charge is -2.19. The Morgan fingerprint density at radius 2 is 2.00 bits per heavy atom. The Morgan fingerprint density at radius 1 is 1.28 bits per heavy atom. The second kappa shape index (κ2) is 7.37. The summed E-state index contributed by atoms with van der Waals surface area (Å²) in [5.74, 6) is 0.548. The summed E-state index contributed by atoms with van der Waals surface area (Å²) in [6.45, 7) is 7.49. The van der Waals surface area contributed by atoms with E-state index in [1.165, 1.54) is 12.1 Å². The van der Waals surface area contributed by atoms with Gasteiger partial charge in [-0.25, -0.2) is 9.52 Å². The van der Waals surface area contributed by atoms with Crippen LogP contribution < -0.4 is 19.6 Å². The van der Waals surface area contributed by atoms with Crippen LogP contribution in [0.15, 0.2) is 18.2 Å². The molecule has 0 aliphatic carbocycles. The zero-order valence-electron chi connectivity index (χ0n) is 14.7. The number of ether oxygens (including phenoxy) is 2. The summed E-state index contributed by atoms with van der Waals surface area (Å²) in [6.07, 6.45) is -0.174. The number of fused-ring (bicyclic) bond motifs is 1. The van der Waals surface area contributed by atoms with E-state index in [0.717, 1.165) is 0 Å². The molecule has 0 unspecified atom stereocenters. The van der Waals surface area contributed by atoms with Crippen molar-refractivity contribution in [3.63, 3.8) is 0 Å². The van der Waals surface area contributed by atoms with Gasteiger partial charge in [0, 0.05) is 0 Å². The highest BCUT2D eigenvalue weighted by Gasteiger charge is 2.21. The molecule has 0 saturated carbocycles. The first-order valence-corrected chi connectivity index (χ1v) is 7.97. The number of carbonyl (C=O) groups is 1. The third kappa shape index (κ3) is 4.82. The lowest BCUT2D eigenvalue weighted by molar-refractivity contribution is -0.685. The van der Waals surface area contributed by atoms with E-state index in [1.807, 2.05) is 0 Å². The van der Waals surface area contributed by atoms with E-state index in [0.29, 0.717) is 21.7 Å². The predicted molar refractivity (Wildman–Crippen MR) is 88.8 cm³/mol. The van der Waals surface area contributed by atoms with Crippen LogP contribution in [0.25, 0.3) is 11.0 Å². The van der Waals surface area contributed by atoms with Gasteiger partial charge in [0.05, 0.1) is 23.9 Å². The predicted octanol–water partition coefficient (Wildman–Crippen LogP) is 0.967. The molecule has 0 fully saturated rings. The quantitative estimate of drug-likeness (QED) is 0.488. The zero-order valence-corrected chi connectivity index (χ0v) is 14.7. The maximum absolute atomic E-state index is 12.1. The Labute approximate surface area is 145 Å². The average molecular weight is 350 g/mol. The highest BCUT2D eigenvalue weighted by Crippen LogP contribution is 2.15. The van der Waals surface area contributed by atoms with Crippen LogP contribution in [0, 0.1) is 10.4 Å². The molecular formula is C16H22N4O5. The Balaban J connectivity index is 1.99. The number of benzene rings is 1. The van der Waals surface area contributed by atoms with E-state index in [-0.39, 0.29) is 30.0 Å². The molecule has 0 saturated heterocycles. The summed E-state index contributed by atoms with van der Waals surface area (Å²) in [7, 11) is 0. The number of hydrogen-bond donors (Lipinski definition) is 1. The van der Waals surface area contributed by atoms with E-state index < -0.39 is 11.7 Å². The van der Waals surface area contributed by atoms with Gasteiger partial charge in [-0.3, -0.25) is 0 Å². The van der Waals surface area contributed by atoms with Gasteiger partial charge in [0.2, 0.25) is 10.6 Å². The van der Waals surface area contributed by atoms with Crippen LogP contribution in [0.1, 0.15) is 33.5 Å². The minimum absolute atomic E-state index is 0.116. The maximum Gasteiger partial charge on any atom is 0.407 e. The summed E-state index contributed by atoms with van der Waals surface area (Å²) < 4.78 is 11.2. The fraction of sp³-hybridized carbons (Fsp3) is 0.500. The summed E-state index contributed by atoms with van der Waals surface area (Å²) in [5.41, 5.74) is -0.228. The molecule has 0 aliphatic rings. The van der Waals surface area contributed by atoms with Crippen molar-refractivity contribution in [1.82, 2.24) is 10.4 Å². The Morgan fingerprint density at radius 3 is 2.64 bits per heavy atom. The number of nitrogens with one attached hydrogen (secondary N) is 1. The molecule has 25 heavy (non-hydrogen) atoms. The Hall–Kier alpha value is -2.84. The van der Waals surface area contributed by atoms with Crippen LogP contribution in [-0.4, -0.2) is 29.9 Å². The molecule has 1 aromatic heterocycles. The summed E-state index contributed by atoms with van der Waals surface area (Å²) in [4.78, 5) is 11.9. The van der Waals surface area contributed by atoms with Gasteiger partial charge in [-0.05, 0) is 32.9 Å². The second-order valence-corrected chi connectivity index (χ2v) is 6.36. The van der Waals surface area contributed by atoms with E-state index in [2.05, 4.69) is 10.4 Å². The average Bonchev–Trinajstić information content (AvgIpc) is 2.53. The van der Waals surface area contributed by atoms with Gasteiger partial charge in [-0.2, -0.15) is 0 Å². The summed E-state index contributed by atoms with van der Waals surface area (Å²) in [5, 5.41) is 30.3. The van der Waals surface area contributed by atoms with Gasteiger partial charge in [0.15, 0.2) is 0 Å². The molecule has 1 aromatic carbocycles. The zero-order chi connectivity index (χ0) is 18.6. The Bertz CT molecular complexity index is 773. The van der Waals surface area contributed by atoms with Crippen molar-refractivity contribution < 1.29 is 23.8 Å². The second-order valence-electron chi connectivity index (χ2n) is 6.36. The molecule has 0 radical (unpaired) electrons. The summed E-state index contributed by atoms with van der Waals surface area (Å²) in [6, 6.07) is 4.54. The summed E-state index contributed by atoms with van der Waals surface area (Å²) >= 11 is 0. The van der Waals surface area contributed by atoms with Crippen LogP contribution in [0.2, 0.25) is 0 Å². The van der Waals surface area contributed by atoms with Crippen molar-refractivity contribution in [2.24, 2.45) is 0 Å². The van der Waals surface area contributed by atoms with E-state index >= 15 is 0 Å². The molecule has 0 atom stereocenters. The van der Waals surface area contributed by atoms with E-state index in [9.17, 15) is 15.2 Å². The van der Waals surface area contributed by atoms with E-state index in [4.69, 9.17) is 9.47 Å². The molecule has 0 spiro atoms. The molecule has 2 aromatic rings. The molecule has 1 heterocycles. The van der Waals surface area contributed by atoms with Gasteiger partial charge in [-0.1, -0.05) is 6.92 Å². The molecule has 0 aliphatic heterocycles. The monoisotopic (exact) mass is 350 g/mol. The molecule has 9 nitrogen and oxygen atoms in total. The Kier molecular flexibility index (Phi) is 5.45. The lowest BCUT2D eigenvalue weighted by atomic mass is 10.2. The number of carbonyl (C=O) groups excluding carboxylic acids is 1. The highest BCUT2D eigenvalue weighted by molar-refractivity contribution is 5.69.